The molecule has 0 spiro atoms. The van der Waals surface area contributed by atoms with E-state index in [4.69, 9.17) is 18.9 Å². The summed E-state index contributed by atoms with van der Waals surface area (Å²) in [6, 6.07) is 7.30. The average Bonchev–Trinajstić information content (AvgIpc) is 2.81. The van der Waals surface area contributed by atoms with Crippen LogP contribution in [0.3, 0.4) is 0 Å². The van der Waals surface area contributed by atoms with Crippen molar-refractivity contribution in [1.29, 1.82) is 0 Å². The minimum absolute atomic E-state index is 0.0208. The van der Waals surface area contributed by atoms with Crippen molar-refractivity contribution < 1.29 is 33.3 Å². The van der Waals surface area contributed by atoms with Crippen LogP contribution < -0.4 is 10.1 Å². The molecule has 8 nitrogen and oxygen atoms in total. The Balaban J connectivity index is 2.03. The number of methoxy groups -OCH3 is 1. The van der Waals surface area contributed by atoms with Crippen molar-refractivity contribution in [2.45, 2.75) is 53.1 Å². The zero-order valence-corrected chi connectivity index (χ0v) is 21.3. The topological polar surface area (TPSA) is 100 Å². The molecule has 0 amide bonds. The van der Waals surface area contributed by atoms with Crippen molar-refractivity contribution in [2.75, 3.05) is 26.9 Å². The van der Waals surface area contributed by atoms with Gasteiger partial charge in [0.05, 0.1) is 32.0 Å². The van der Waals surface area contributed by atoms with E-state index in [0.717, 1.165) is 11.3 Å². The van der Waals surface area contributed by atoms with Gasteiger partial charge < -0.3 is 24.3 Å². The molecule has 3 rings (SSSR count). The molecule has 1 aliphatic heterocycles. The van der Waals surface area contributed by atoms with E-state index in [-0.39, 0.29) is 31.0 Å². The second-order valence-electron chi connectivity index (χ2n) is 9.09. The Morgan fingerprint density at radius 2 is 1.83 bits per heavy atom. The van der Waals surface area contributed by atoms with Crippen LogP contribution in [0.25, 0.3) is 0 Å². The van der Waals surface area contributed by atoms with Crippen LogP contribution >= 0.6 is 0 Å². The molecule has 0 aromatic heterocycles. The Morgan fingerprint density at radius 1 is 1.14 bits per heavy atom. The average molecular weight is 486 g/mol. The van der Waals surface area contributed by atoms with Crippen LogP contribution in [-0.4, -0.2) is 50.8 Å². The van der Waals surface area contributed by atoms with Gasteiger partial charge in [-0.05, 0) is 57.7 Å². The smallest absolute Gasteiger partial charge is 0.336 e. The van der Waals surface area contributed by atoms with Crippen molar-refractivity contribution in [1.82, 2.24) is 5.32 Å². The Kier molecular flexibility index (Phi) is 8.72. The molecule has 0 saturated heterocycles. The zero-order valence-electron chi connectivity index (χ0n) is 21.3. The molecule has 0 saturated carbocycles. The summed E-state index contributed by atoms with van der Waals surface area (Å²) in [5, 5.41) is 3.26. The fourth-order valence-electron chi connectivity index (χ4n) is 4.70. The molecule has 1 aromatic rings. The van der Waals surface area contributed by atoms with E-state index in [1.807, 2.05) is 52.0 Å². The van der Waals surface area contributed by atoms with Crippen LogP contribution in [-0.2, 0) is 28.6 Å². The van der Waals surface area contributed by atoms with Gasteiger partial charge in [-0.2, -0.15) is 0 Å². The number of carbonyl (C=O) groups excluding carboxylic acids is 3. The maximum Gasteiger partial charge on any atom is 0.336 e. The van der Waals surface area contributed by atoms with Crippen LogP contribution in [0.5, 0.6) is 5.75 Å². The molecular formula is C27H35NO7. The Labute approximate surface area is 206 Å². The molecular weight excluding hydrogens is 450 g/mol. The molecule has 0 bridgehead atoms. The minimum atomic E-state index is -0.930. The summed E-state index contributed by atoms with van der Waals surface area (Å²) in [5.74, 6) is -2.61. The first kappa shape index (κ1) is 26.5. The molecule has 1 N–H and O–H groups in total. The third-order valence-electron chi connectivity index (χ3n) is 6.26. The molecule has 1 aromatic carbocycles. The molecule has 35 heavy (non-hydrogen) atoms. The van der Waals surface area contributed by atoms with Gasteiger partial charge in [0.1, 0.15) is 18.3 Å². The molecule has 1 heterocycles. The third kappa shape index (κ3) is 5.75. The number of dihydropyridines is 1. The molecule has 0 fully saturated rings. The van der Waals surface area contributed by atoms with Crippen molar-refractivity contribution in [3.05, 3.63) is 52.4 Å². The quantitative estimate of drug-likeness (QED) is 0.321. The van der Waals surface area contributed by atoms with Crippen LogP contribution in [0, 0.1) is 11.8 Å². The first-order valence-electron chi connectivity index (χ1n) is 12.0. The standard InChI is InChI=1S/C27H35NO7/c1-7-33-19-10-8-18(9-11-19)23-22(27(31)35-13-12-34-15(2)3)17(5)28-20-14-16(4)21(26(30)32-6)25(29)24(20)23/h8-11,15-16,21,23,28H,7,12-14H2,1-6H3/t16-,21-,23-/m1/s1. The van der Waals surface area contributed by atoms with Gasteiger partial charge in [-0.15, -0.1) is 0 Å². The van der Waals surface area contributed by atoms with Gasteiger partial charge in [0, 0.05) is 22.9 Å². The second-order valence-corrected chi connectivity index (χ2v) is 9.09. The van der Waals surface area contributed by atoms with E-state index in [0.29, 0.717) is 35.6 Å². The Morgan fingerprint density at radius 3 is 2.43 bits per heavy atom. The third-order valence-corrected chi connectivity index (χ3v) is 6.26. The van der Waals surface area contributed by atoms with Gasteiger partial charge in [-0.25, -0.2) is 4.79 Å². The maximum atomic E-state index is 13.7. The van der Waals surface area contributed by atoms with E-state index in [9.17, 15) is 14.4 Å². The van der Waals surface area contributed by atoms with Crippen LogP contribution in [0.15, 0.2) is 46.8 Å². The van der Waals surface area contributed by atoms with Crippen LogP contribution in [0.2, 0.25) is 0 Å². The van der Waals surface area contributed by atoms with Gasteiger partial charge in [0.25, 0.3) is 0 Å². The number of nitrogens with one attached hydrogen (secondary N) is 1. The molecule has 0 radical (unpaired) electrons. The highest BCUT2D eigenvalue weighted by atomic mass is 16.6. The number of hydrogen-bond acceptors (Lipinski definition) is 8. The molecule has 2 aliphatic rings. The Hall–Kier alpha value is -3.13. The molecule has 0 unspecified atom stereocenters. The highest BCUT2D eigenvalue weighted by Gasteiger charge is 2.47. The summed E-state index contributed by atoms with van der Waals surface area (Å²) in [4.78, 5) is 39.5. The van der Waals surface area contributed by atoms with Crippen molar-refractivity contribution in [3.63, 3.8) is 0 Å². The summed E-state index contributed by atoms with van der Waals surface area (Å²) in [6.07, 6.45) is 0.503. The monoisotopic (exact) mass is 485 g/mol. The molecule has 190 valence electrons. The predicted octanol–water partition coefficient (Wildman–Crippen LogP) is 3.67. The lowest BCUT2D eigenvalue weighted by Crippen LogP contribution is -2.43. The zero-order chi connectivity index (χ0) is 25.7. The first-order valence-corrected chi connectivity index (χ1v) is 12.0. The van der Waals surface area contributed by atoms with E-state index in [1.165, 1.54) is 7.11 Å². The molecule has 3 atom stereocenters. The van der Waals surface area contributed by atoms with E-state index in [2.05, 4.69) is 5.32 Å². The molecule has 1 aliphatic carbocycles. The summed E-state index contributed by atoms with van der Waals surface area (Å²) in [6.45, 7) is 10.2. The number of ether oxygens (including phenoxy) is 4. The predicted molar refractivity (Wildman–Crippen MR) is 130 cm³/mol. The number of ketones is 1. The lowest BCUT2D eigenvalue weighted by molar-refractivity contribution is -0.151. The van der Waals surface area contributed by atoms with Gasteiger partial charge in [-0.3, -0.25) is 9.59 Å². The minimum Gasteiger partial charge on any atom is -0.494 e. The van der Waals surface area contributed by atoms with Crippen molar-refractivity contribution in [3.8, 4) is 5.75 Å². The van der Waals surface area contributed by atoms with Gasteiger partial charge in [0.15, 0.2) is 5.78 Å². The van der Waals surface area contributed by atoms with Gasteiger partial charge in [-0.1, -0.05) is 19.1 Å². The lowest BCUT2D eigenvalue weighted by atomic mass is 9.69. The normalized spacial score (nSPS) is 22.0. The summed E-state index contributed by atoms with van der Waals surface area (Å²) in [7, 11) is 1.28. The largest absolute Gasteiger partial charge is 0.494 e. The SMILES string of the molecule is CCOc1ccc([C@@H]2C(C(=O)OCCOC(C)C)=C(C)NC3=C2C(=O)[C@H](C(=O)OC)[C@H](C)C3)cc1. The number of hydrogen-bond donors (Lipinski definition) is 1. The number of Topliss-reactive ketones (excluding diaryl/α,β-unsaturated/α-hetero) is 1. The Bertz CT molecular complexity index is 1020. The second kappa shape index (κ2) is 11.5. The van der Waals surface area contributed by atoms with E-state index < -0.39 is 23.8 Å². The van der Waals surface area contributed by atoms with E-state index in [1.54, 1.807) is 6.92 Å². The van der Waals surface area contributed by atoms with Crippen molar-refractivity contribution >= 4 is 17.7 Å². The van der Waals surface area contributed by atoms with Crippen LogP contribution in [0.4, 0.5) is 0 Å². The van der Waals surface area contributed by atoms with Crippen LogP contribution in [0.1, 0.15) is 52.5 Å². The first-order chi connectivity index (χ1) is 16.7. The number of benzene rings is 1. The maximum absolute atomic E-state index is 13.7. The van der Waals surface area contributed by atoms with Gasteiger partial charge in [0.2, 0.25) is 0 Å². The summed E-state index contributed by atoms with van der Waals surface area (Å²) < 4.78 is 21.5. The van der Waals surface area contributed by atoms with Crippen molar-refractivity contribution in [2.24, 2.45) is 11.8 Å². The highest BCUT2D eigenvalue weighted by molar-refractivity contribution is 6.12. The fraction of sp³-hybridized carbons (Fsp3) is 0.519. The number of esters is 2. The molecule has 8 heteroatoms. The highest BCUT2D eigenvalue weighted by Crippen LogP contribution is 2.45. The number of carbonyl (C=O) groups is 3. The number of rotatable bonds is 9. The number of allylic oxidation sites excluding steroid dienone is 3. The summed E-state index contributed by atoms with van der Waals surface area (Å²) >= 11 is 0. The fourth-order valence-corrected chi connectivity index (χ4v) is 4.70. The van der Waals surface area contributed by atoms with E-state index >= 15 is 0 Å². The van der Waals surface area contributed by atoms with Gasteiger partial charge >= 0.3 is 11.9 Å². The lowest BCUT2D eigenvalue weighted by Gasteiger charge is -2.38. The summed E-state index contributed by atoms with van der Waals surface area (Å²) in [5.41, 5.74) is 2.81.